The third-order valence-electron chi connectivity index (χ3n) is 4.13. The number of rotatable bonds is 3. The smallest absolute Gasteiger partial charge is 0.406 e. The Bertz CT molecular complexity index is 724. The van der Waals surface area contributed by atoms with E-state index >= 15 is 0 Å². The minimum Gasteiger partial charge on any atom is -0.436 e. The zero-order valence-electron chi connectivity index (χ0n) is 13.3. The fourth-order valence-corrected chi connectivity index (χ4v) is 3.02. The summed E-state index contributed by atoms with van der Waals surface area (Å²) >= 11 is 0. The number of likely N-dealkylation sites (tertiary alicyclic amines) is 1. The molecule has 1 aromatic rings. The lowest BCUT2D eigenvalue weighted by atomic mass is 9.82. The summed E-state index contributed by atoms with van der Waals surface area (Å²) in [6.45, 7) is -0.529. The topological polar surface area (TPSA) is 72.6 Å². The van der Waals surface area contributed by atoms with Crippen molar-refractivity contribution in [2.75, 3.05) is 6.54 Å². The highest BCUT2D eigenvalue weighted by molar-refractivity contribution is 5.84. The van der Waals surface area contributed by atoms with Crippen LogP contribution in [-0.4, -0.2) is 41.8 Å². The molecule has 0 saturated carbocycles. The van der Waals surface area contributed by atoms with Gasteiger partial charge in [0, 0.05) is 24.4 Å². The zero-order valence-corrected chi connectivity index (χ0v) is 13.3. The van der Waals surface area contributed by atoms with Crippen molar-refractivity contribution >= 4 is 12.0 Å². The number of hydrogen-bond donors (Lipinski definition) is 1. The number of carbonyl (C=O) groups excluding carboxylic acids is 2. The average Bonchev–Trinajstić information content (AvgIpc) is 2.49. The van der Waals surface area contributed by atoms with Crippen molar-refractivity contribution in [1.29, 1.82) is 0 Å². The average molecular weight is 384 g/mol. The fourth-order valence-electron chi connectivity index (χ4n) is 3.02. The van der Waals surface area contributed by atoms with E-state index in [2.05, 4.69) is 4.74 Å². The summed E-state index contributed by atoms with van der Waals surface area (Å²) in [5, 5.41) is 0. The third kappa shape index (κ3) is 4.20. The van der Waals surface area contributed by atoms with E-state index in [-0.39, 0.29) is 6.07 Å². The van der Waals surface area contributed by atoms with Gasteiger partial charge in [0.2, 0.25) is 0 Å². The van der Waals surface area contributed by atoms with Gasteiger partial charge in [-0.25, -0.2) is 18.0 Å². The maximum atomic E-state index is 14.1. The standard InChI is InChI=1S/C15H14F6N2O3/c1-6-8(9-2-7(16)3-10(17)12(9)18)4-11(26-14(22)25)13(24)23(6)5-15(19,20)21/h2-3,6,8,11H,4-5H2,1H3,(H2,22,25)/t6-,8-,11+/m1/s1. The highest BCUT2D eigenvalue weighted by atomic mass is 19.4. The van der Waals surface area contributed by atoms with Crippen LogP contribution in [-0.2, 0) is 9.53 Å². The number of primary amides is 1. The van der Waals surface area contributed by atoms with E-state index in [1.807, 2.05) is 0 Å². The van der Waals surface area contributed by atoms with Crippen molar-refractivity contribution in [2.45, 2.75) is 37.6 Å². The Kier molecular flexibility index (Phi) is 5.38. The van der Waals surface area contributed by atoms with Crippen LogP contribution in [0.5, 0.6) is 0 Å². The third-order valence-corrected chi connectivity index (χ3v) is 4.13. The number of amides is 2. The van der Waals surface area contributed by atoms with Crippen molar-refractivity contribution in [3.05, 3.63) is 35.1 Å². The second kappa shape index (κ2) is 7.04. The van der Waals surface area contributed by atoms with Crippen molar-refractivity contribution < 1.29 is 40.7 Å². The summed E-state index contributed by atoms with van der Waals surface area (Å²) in [6, 6.07) is -0.363. The number of hydrogen-bond acceptors (Lipinski definition) is 3. The number of benzene rings is 1. The Morgan fingerprint density at radius 3 is 2.46 bits per heavy atom. The fraction of sp³-hybridized carbons (Fsp3) is 0.467. The van der Waals surface area contributed by atoms with Crippen LogP contribution in [0.1, 0.15) is 24.8 Å². The summed E-state index contributed by atoms with van der Waals surface area (Å²) in [5.74, 6) is -6.56. The molecule has 144 valence electrons. The van der Waals surface area contributed by atoms with Gasteiger partial charge in [0.05, 0.1) is 0 Å². The van der Waals surface area contributed by atoms with Crippen LogP contribution in [0, 0.1) is 17.5 Å². The Labute approximate surface area is 143 Å². The van der Waals surface area contributed by atoms with E-state index < -0.39 is 72.2 Å². The van der Waals surface area contributed by atoms with Crippen molar-refractivity contribution in [3.63, 3.8) is 0 Å². The van der Waals surface area contributed by atoms with Crippen LogP contribution in [0.15, 0.2) is 12.1 Å². The molecule has 3 atom stereocenters. The van der Waals surface area contributed by atoms with Crippen LogP contribution >= 0.6 is 0 Å². The minimum atomic E-state index is -4.80. The normalized spacial score (nSPS) is 23.9. The molecule has 0 bridgehead atoms. The Morgan fingerprint density at radius 1 is 1.31 bits per heavy atom. The number of alkyl halides is 3. The van der Waals surface area contributed by atoms with Gasteiger partial charge in [-0.3, -0.25) is 4.79 Å². The van der Waals surface area contributed by atoms with Crippen LogP contribution < -0.4 is 5.73 Å². The van der Waals surface area contributed by atoms with E-state index in [1.54, 1.807) is 0 Å². The molecule has 2 amide bonds. The van der Waals surface area contributed by atoms with E-state index in [9.17, 15) is 35.9 Å². The summed E-state index contributed by atoms with van der Waals surface area (Å²) in [6.07, 6.45) is -8.43. The molecule has 11 heteroatoms. The number of nitrogens with two attached hydrogens (primary N) is 1. The second-order valence-corrected chi connectivity index (χ2v) is 5.88. The highest BCUT2D eigenvalue weighted by Crippen LogP contribution is 2.38. The molecule has 1 saturated heterocycles. The molecule has 0 unspecified atom stereocenters. The monoisotopic (exact) mass is 384 g/mol. The summed E-state index contributed by atoms with van der Waals surface area (Å²) in [5.41, 5.74) is 4.24. The SMILES string of the molecule is C[C@@H]1[C@H](c2cc(F)cc(F)c2F)C[C@H](OC(N)=O)C(=O)N1CC(F)(F)F. The van der Waals surface area contributed by atoms with Crippen molar-refractivity contribution in [2.24, 2.45) is 5.73 Å². The summed E-state index contributed by atoms with van der Waals surface area (Å²) in [4.78, 5) is 23.4. The van der Waals surface area contributed by atoms with Gasteiger partial charge in [-0.15, -0.1) is 0 Å². The molecule has 0 aromatic heterocycles. The van der Waals surface area contributed by atoms with E-state index in [0.29, 0.717) is 11.0 Å². The Balaban J connectivity index is 2.47. The minimum absolute atomic E-state index is 0.280. The molecule has 0 spiro atoms. The van der Waals surface area contributed by atoms with Gasteiger partial charge < -0.3 is 15.4 Å². The van der Waals surface area contributed by atoms with Gasteiger partial charge in [0.1, 0.15) is 12.4 Å². The van der Waals surface area contributed by atoms with Gasteiger partial charge in [0.25, 0.3) is 5.91 Å². The van der Waals surface area contributed by atoms with Crippen LogP contribution in [0.2, 0.25) is 0 Å². The first-order valence-electron chi connectivity index (χ1n) is 7.38. The maximum Gasteiger partial charge on any atom is 0.406 e. The largest absolute Gasteiger partial charge is 0.436 e. The van der Waals surface area contributed by atoms with Gasteiger partial charge in [-0.1, -0.05) is 0 Å². The van der Waals surface area contributed by atoms with Crippen LogP contribution in [0.4, 0.5) is 31.1 Å². The van der Waals surface area contributed by atoms with Crippen LogP contribution in [0.25, 0.3) is 0 Å². The molecule has 5 nitrogen and oxygen atoms in total. The molecule has 1 heterocycles. The molecule has 2 N–H and O–H groups in total. The molecule has 1 aromatic carbocycles. The molecule has 0 radical (unpaired) electrons. The number of ether oxygens (including phenoxy) is 1. The predicted octanol–water partition coefficient (Wildman–Crippen LogP) is 2.83. The van der Waals surface area contributed by atoms with Crippen LogP contribution in [0.3, 0.4) is 0 Å². The molecule has 0 aliphatic carbocycles. The maximum absolute atomic E-state index is 14.1. The van der Waals surface area contributed by atoms with Crippen molar-refractivity contribution in [1.82, 2.24) is 4.90 Å². The molecule has 26 heavy (non-hydrogen) atoms. The first-order chi connectivity index (χ1) is 11.9. The lowest BCUT2D eigenvalue weighted by molar-refractivity contribution is -0.176. The number of carbonyl (C=O) groups is 2. The molecular weight excluding hydrogens is 370 g/mol. The van der Waals surface area contributed by atoms with E-state index in [1.165, 1.54) is 6.92 Å². The lowest BCUT2D eigenvalue weighted by Crippen LogP contribution is -2.56. The first kappa shape index (κ1) is 19.9. The Morgan fingerprint density at radius 2 is 1.92 bits per heavy atom. The predicted molar refractivity (Wildman–Crippen MR) is 75.4 cm³/mol. The van der Waals surface area contributed by atoms with Gasteiger partial charge >= 0.3 is 12.3 Å². The highest BCUT2D eigenvalue weighted by Gasteiger charge is 2.47. The molecule has 1 fully saturated rings. The summed E-state index contributed by atoms with van der Waals surface area (Å²) < 4.78 is 84.0. The van der Waals surface area contributed by atoms with Gasteiger partial charge in [0.15, 0.2) is 17.7 Å². The van der Waals surface area contributed by atoms with Gasteiger partial charge in [-0.05, 0) is 18.6 Å². The Hall–Kier alpha value is -2.46. The number of halogens is 6. The molecular formula is C15H14F6N2O3. The number of nitrogens with zero attached hydrogens (tertiary/aromatic N) is 1. The first-order valence-corrected chi connectivity index (χ1v) is 7.38. The van der Waals surface area contributed by atoms with Gasteiger partial charge in [-0.2, -0.15) is 13.2 Å². The van der Waals surface area contributed by atoms with E-state index in [4.69, 9.17) is 5.73 Å². The number of piperidine rings is 1. The van der Waals surface area contributed by atoms with Crippen molar-refractivity contribution in [3.8, 4) is 0 Å². The second-order valence-electron chi connectivity index (χ2n) is 5.88. The molecule has 1 aliphatic rings. The van der Waals surface area contributed by atoms with E-state index in [0.717, 1.165) is 0 Å². The zero-order chi connectivity index (χ0) is 19.8. The molecule has 2 rings (SSSR count). The summed E-state index contributed by atoms with van der Waals surface area (Å²) in [7, 11) is 0. The molecule has 1 aliphatic heterocycles. The lowest BCUT2D eigenvalue weighted by Gasteiger charge is -2.42. The quantitative estimate of drug-likeness (QED) is 0.644.